The number of aromatic nitrogens is 2. The van der Waals surface area contributed by atoms with Gasteiger partial charge in [-0.1, -0.05) is 18.2 Å². The highest BCUT2D eigenvalue weighted by Crippen LogP contribution is 2.33. The lowest BCUT2D eigenvalue weighted by atomic mass is 10.1. The summed E-state index contributed by atoms with van der Waals surface area (Å²) in [6.45, 7) is 2.64. The van der Waals surface area contributed by atoms with E-state index in [1.807, 2.05) is 31.2 Å². The molecule has 1 fully saturated rings. The lowest BCUT2D eigenvalue weighted by molar-refractivity contribution is 0.395. The molecule has 0 saturated heterocycles. The second-order valence-corrected chi connectivity index (χ2v) is 5.37. The molecule has 2 aromatic rings. The number of ether oxygens (including phenoxy) is 1. The van der Waals surface area contributed by atoms with Crippen molar-refractivity contribution in [1.82, 2.24) is 9.97 Å². The highest BCUT2D eigenvalue weighted by atomic mass is 16.5. The van der Waals surface area contributed by atoms with Crippen molar-refractivity contribution in [1.29, 1.82) is 0 Å². The van der Waals surface area contributed by atoms with Crippen LogP contribution < -0.4 is 15.4 Å². The van der Waals surface area contributed by atoms with Gasteiger partial charge in [-0.2, -0.15) is 4.98 Å². The van der Waals surface area contributed by atoms with Crippen molar-refractivity contribution < 1.29 is 4.74 Å². The van der Waals surface area contributed by atoms with Gasteiger partial charge >= 0.3 is 0 Å². The molecule has 21 heavy (non-hydrogen) atoms. The first-order valence-corrected chi connectivity index (χ1v) is 7.17. The van der Waals surface area contributed by atoms with E-state index in [4.69, 9.17) is 10.5 Å². The van der Waals surface area contributed by atoms with Crippen LogP contribution in [-0.2, 0) is 6.54 Å². The van der Waals surface area contributed by atoms with E-state index in [0.717, 1.165) is 29.4 Å². The molecule has 0 unspecified atom stereocenters. The average Bonchev–Trinajstić information content (AvgIpc) is 3.30. The molecule has 1 aromatic heterocycles. The van der Waals surface area contributed by atoms with E-state index < -0.39 is 0 Å². The number of rotatable bonds is 5. The van der Waals surface area contributed by atoms with Crippen LogP contribution in [0.25, 0.3) is 0 Å². The van der Waals surface area contributed by atoms with Crippen molar-refractivity contribution in [2.45, 2.75) is 32.4 Å². The number of hydrogen-bond acceptors (Lipinski definition) is 5. The predicted octanol–water partition coefficient (Wildman–Crippen LogP) is 2.54. The van der Waals surface area contributed by atoms with Crippen molar-refractivity contribution >= 4 is 11.5 Å². The van der Waals surface area contributed by atoms with Crippen molar-refractivity contribution in [3.05, 3.63) is 41.7 Å². The Labute approximate surface area is 124 Å². The Hall–Kier alpha value is -2.30. The summed E-state index contributed by atoms with van der Waals surface area (Å²) in [6.07, 6.45) is 2.39. The van der Waals surface area contributed by atoms with Gasteiger partial charge in [-0.15, -0.1) is 0 Å². The molecule has 0 bridgehead atoms. The number of anilines is 2. The van der Waals surface area contributed by atoms with Gasteiger partial charge < -0.3 is 15.4 Å². The Morgan fingerprint density at radius 3 is 2.71 bits per heavy atom. The standard InChI is InChI=1S/C16H20N4O/c1-11-18-15(9-16(19-11)21-2)20(13-7-8-13)10-12-5-3-4-6-14(12)17/h3-6,9,13H,7-8,10,17H2,1-2H3. The fourth-order valence-corrected chi connectivity index (χ4v) is 2.42. The zero-order chi connectivity index (χ0) is 14.8. The maximum atomic E-state index is 6.07. The molecule has 0 amide bonds. The lowest BCUT2D eigenvalue weighted by Crippen LogP contribution is -2.26. The second kappa shape index (κ2) is 5.60. The fourth-order valence-electron chi connectivity index (χ4n) is 2.42. The molecule has 5 nitrogen and oxygen atoms in total. The van der Waals surface area contributed by atoms with Gasteiger partial charge in [0.2, 0.25) is 5.88 Å². The van der Waals surface area contributed by atoms with Gasteiger partial charge in [0.1, 0.15) is 11.6 Å². The molecule has 1 aromatic carbocycles. The van der Waals surface area contributed by atoms with Crippen LogP contribution in [0.3, 0.4) is 0 Å². The van der Waals surface area contributed by atoms with E-state index in [2.05, 4.69) is 20.9 Å². The number of nitrogens with two attached hydrogens (primary N) is 1. The molecule has 1 aliphatic carbocycles. The molecule has 1 heterocycles. The van der Waals surface area contributed by atoms with Crippen molar-refractivity contribution in [3.63, 3.8) is 0 Å². The number of nitrogens with zero attached hydrogens (tertiary/aromatic N) is 3. The fraction of sp³-hybridized carbons (Fsp3) is 0.375. The van der Waals surface area contributed by atoms with Crippen LogP contribution in [0.2, 0.25) is 0 Å². The molecule has 110 valence electrons. The monoisotopic (exact) mass is 284 g/mol. The number of para-hydroxylation sites is 1. The van der Waals surface area contributed by atoms with E-state index in [0.29, 0.717) is 11.9 Å². The normalized spacial score (nSPS) is 14.0. The number of methoxy groups -OCH3 is 1. The minimum absolute atomic E-state index is 0.531. The van der Waals surface area contributed by atoms with Crippen molar-refractivity contribution in [3.8, 4) is 5.88 Å². The van der Waals surface area contributed by atoms with E-state index in [9.17, 15) is 0 Å². The highest BCUT2D eigenvalue weighted by Gasteiger charge is 2.31. The summed E-state index contributed by atoms with van der Waals surface area (Å²) in [5.41, 5.74) is 8.01. The van der Waals surface area contributed by atoms with Crippen molar-refractivity contribution in [2.24, 2.45) is 0 Å². The summed E-state index contributed by atoms with van der Waals surface area (Å²) in [5, 5.41) is 0. The highest BCUT2D eigenvalue weighted by molar-refractivity contribution is 5.51. The molecule has 0 spiro atoms. The maximum absolute atomic E-state index is 6.07. The largest absolute Gasteiger partial charge is 0.481 e. The van der Waals surface area contributed by atoms with Crippen LogP contribution in [0.4, 0.5) is 11.5 Å². The lowest BCUT2D eigenvalue weighted by Gasteiger charge is -2.24. The second-order valence-electron chi connectivity index (χ2n) is 5.37. The number of hydrogen-bond donors (Lipinski definition) is 1. The van der Waals surface area contributed by atoms with Gasteiger partial charge in [-0.25, -0.2) is 4.98 Å². The first-order valence-electron chi connectivity index (χ1n) is 7.17. The van der Waals surface area contributed by atoms with E-state index in [-0.39, 0.29) is 0 Å². The van der Waals surface area contributed by atoms with Gasteiger partial charge in [0.25, 0.3) is 0 Å². The SMILES string of the molecule is COc1cc(N(Cc2ccccc2N)C2CC2)nc(C)n1. The molecule has 0 aliphatic heterocycles. The smallest absolute Gasteiger partial charge is 0.218 e. The maximum Gasteiger partial charge on any atom is 0.218 e. The van der Waals surface area contributed by atoms with Crippen LogP contribution in [0.1, 0.15) is 24.2 Å². The zero-order valence-corrected chi connectivity index (χ0v) is 12.4. The molecule has 0 radical (unpaired) electrons. The third-order valence-corrected chi connectivity index (χ3v) is 3.69. The summed E-state index contributed by atoms with van der Waals surface area (Å²) < 4.78 is 5.26. The Kier molecular flexibility index (Phi) is 3.64. The van der Waals surface area contributed by atoms with Crippen LogP contribution in [0, 0.1) is 6.92 Å². The summed E-state index contributed by atoms with van der Waals surface area (Å²) in [4.78, 5) is 11.1. The minimum Gasteiger partial charge on any atom is -0.481 e. The van der Waals surface area contributed by atoms with Gasteiger partial charge in [-0.05, 0) is 31.4 Å². The van der Waals surface area contributed by atoms with Crippen LogP contribution in [0.5, 0.6) is 5.88 Å². The molecule has 2 N–H and O–H groups in total. The van der Waals surface area contributed by atoms with Gasteiger partial charge in [0.05, 0.1) is 7.11 Å². The Morgan fingerprint density at radius 1 is 1.29 bits per heavy atom. The Morgan fingerprint density at radius 2 is 2.05 bits per heavy atom. The Bertz CT molecular complexity index is 640. The topological polar surface area (TPSA) is 64.3 Å². The number of benzene rings is 1. The van der Waals surface area contributed by atoms with Crippen molar-refractivity contribution in [2.75, 3.05) is 17.7 Å². The van der Waals surface area contributed by atoms with E-state index in [1.165, 1.54) is 12.8 Å². The average molecular weight is 284 g/mol. The molecule has 1 aliphatic rings. The third kappa shape index (κ3) is 3.07. The van der Waals surface area contributed by atoms with Gasteiger partial charge in [0.15, 0.2) is 0 Å². The molecular formula is C16H20N4O. The Balaban J connectivity index is 1.92. The summed E-state index contributed by atoms with van der Waals surface area (Å²) in [5.74, 6) is 2.23. The summed E-state index contributed by atoms with van der Waals surface area (Å²) in [6, 6.07) is 10.4. The van der Waals surface area contributed by atoms with Gasteiger partial charge in [-0.3, -0.25) is 0 Å². The minimum atomic E-state index is 0.531. The first-order chi connectivity index (χ1) is 10.2. The van der Waals surface area contributed by atoms with E-state index in [1.54, 1.807) is 7.11 Å². The van der Waals surface area contributed by atoms with Gasteiger partial charge in [0, 0.05) is 24.3 Å². The van der Waals surface area contributed by atoms with E-state index >= 15 is 0 Å². The summed E-state index contributed by atoms with van der Waals surface area (Å²) in [7, 11) is 1.63. The van der Waals surface area contributed by atoms with Crippen LogP contribution >= 0.6 is 0 Å². The molecule has 3 rings (SSSR count). The predicted molar refractivity (Wildman–Crippen MR) is 83.4 cm³/mol. The summed E-state index contributed by atoms with van der Waals surface area (Å²) >= 11 is 0. The molecular weight excluding hydrogens is 264 g/mol. The zero-order valence-electron chi connectivity index (χ0n) is 12.4. The first kappa shape index (κ1) is 13.7. The quantitative estimate of drug-likeness (QED) is 0.855. The molecule has 1 saturated carbocycles. The third-order valence-electron chi connectivity index (χ3n) is 3.69. The van der Waals surface area contributed by atoms with Crippen LogP contribution in [0.15, 0.2) is 30.3 Å². The molecule has 5 heteroatoms. The molecule has 0 atom stereocenters. The van der Waals surface area contributed by atoms with Crippen LogP contribution in [-0.4, -0.2) is 23.1 Å². The number of nitrogen functional groups attached to an aromatic ring is 1. The number of aryl methyl sites for hydroxylation is 1.